The minimum atomic E-state index is -3.26. The van der Waals surface area contributed by atoms with Gasteiger partial charge in [0, 0.05) is 50.8 Å². The SMILES string of the molecule is CC(C)CCN(C1CC1)S(=O)(=O)C(C)C.CC(C)C[C@@H](CO)N(C)S(=O)(=O)C(C)C.CC(C)C[C@H](C)N(C1CC1)S(=O)(=O)C(C)C.CC(C)C[C@H](CO)N(C)S(=O)(=O)C(C)C. The van der Waals surface area contributed by atoms with E-state index in [0.717, 1.165) is 38.5 Å². The molecule has 0 heterocycles. The van der Waals surface area contributed by atoms with Crippen molar-refractivity contribution in [3.63, 3.8) is 0 Å². The van der Waals surface area contributed by atoms with E-state index in [2.05, 4.69) is 27.7 Å². The summed E-state index contributed by atoms with van der Waals surface area (Å²) in [5.74, 6) is 1.84. The Hall–Kier alpha value is -0.440. The minimum Gasteiger partial charge on any atom is -0.395 e. The Morgan fingerprint density at radius 2 is 0.754 bits per heavy atom. The first-order valence-electron chi connectivity index (χ1n) is 22.8. The molecule has 0 amide bonds. The van der Waals surface area contributed by atoms with Crippen LogP contribution in [-0.4, -0.2) is 146 Å². The molecule has 2 fully saturated rings. The molecule has 0 aromatic heterocycles. The van der Waals surface area contributed by atoms with Gasteiger partial charge in [-0.25, -0.2) is 33.7 Å². The number of likely N-dealkylation sites (N-methyl/N-ethyl adjacent to an activating group) is 2. The van der Waals surface area contributed by atoms with Gasteiger partial charge in [0.25, 0.3) is 0 Å². The van der Waals surface area contributed by atoms with Crippen LogP contribution in [0, 0.1) is 23.7 Å². The van der Waals surface area contributed by atoms with Crippen LogP contribution in [0.2, 0.25) is 0 Å². The number of sulfonamides is 4. The lowest BCUT2D eigenvalue weighted by molar-refractivity contribution is 0.182. The first kappa shape index (κ1) is 62.6. The van der Waals surface area contributed by atoms with E-state index in [1.807, 2.05) is 34.6 Å². The first-order valence-corrected chi connectivity index (χ1v) is 28.8. The van der Waals surface area contributed by atoms with Crippen molar-refractivity contribution >= 4 is 40.1 Å². The van der Waals surface area contributed by atoms with Gasteiger partial charge >= 0.3 is 0 Å². The van der Waals surface area contributed by atoms with Gasteiger partial charge in [0.05, 0.1) is 34.2 Å². The van der Waals surface area contributed by atoms with Crippen molar-refractivity contribution in [2.75, 3.05) is 33.9 Å². The van der Waals surface area contributed by atoms with Crippen LogP contribution in [0.5, 0.6) is 0 Å². The highest BCUT2D eigenvalue weighted by atomic mass is 32.2. The third-order valence-electron chi connectivity index (χ3n) is 10.8. The van der Waals surface area contributed by atoms with Crippen molar-refractivity contribution in [2.45, 2.75) is 220 Å². The van der Waals surface area contributed by atoms with Gasteiger partial charge in [0.1, 0.15) is 0 Å². The molecular formula is C43H94N4O10S4. The Balaban J connectivity index is 0. The fraction of sp³-hybridized carbons (Fsp3) is 1.00. The Labute approximate surface area is 377 Å². The predicted octanol–water partition coefficient (Wildman–Crippen LogP) is 6.99. The van der Waals surface area contributed by atoms with E-state index in [9.17, 15) is 43.9 Å². The summed E-state index contributed by atoms with van der Waals surface area (Å²) in [6.07, 6.45) is 7.43. The third-order valence-corrected chi connectivity index (χ3v) is 20.1. The van der Waals surface area contributed by atoms with Gasteiger partial charge < -0.3 is 10.2 Å². The monoisotopic (exact) mass is 955 g/mol. The van der Waals surface area contributed by atoms with Gasteiger partial charge in [-0.05, 0) is 137 Å². The Bertz CT molecular complexity index is 1580. The largest absolute Gasteiger partial charge is 0.395 e. The molecule has 0 bridgehead atoms. The molecule has 61 heavy (non-hydrogen) atoms. The molecule has 2 saturated carbocycles. The molecule has 0 aromatic carbocycles. The molecule has 370 valence electrons. The number of hydrogen-bond acceptors (Lipinski definition) is 10. The van der Waals surface area contributed by atoms with Crippen molar-refractivity contribution < 1.29 is 43.9 Å². The zero-order chi connectivity index (χ0) is 48.6. The number of rotatable bonds is 24. The summed E-state index contributed by atoms with van der Waals surface area (Å²) in [6, 6.07) is 0.104. The second-order valence-corrected chi connectivity index (χ2v) is 29.8. The molecule has 0 radical (unpaired) electrons. The molecule has 2 aliphatic carbocycles. The second-order valence-electron chi connectivity index (χ2n) is 19.9. The lowest BCUT2D eigenvalue weighted by Crippen LogP contribution is -2.44. The lowest BCUT2D eigenvalue weighted by Gasteiger charge is -2.31. The van der Waals surface area contributed by atoms with Gasteiger partial charge in [-0.3, -0.25) is 0 Å². The van der Waals surface area contributed by atoms with Crippen LogP contribution in [0.3, 0.4) is 0 Å². The summed E-state index contributed by atoms with van der Waals surface area (Å²) in [5, 5.41) is 16.9. The Morgan fingerprint density at radius 1 is 0.443 bits per heavy atom. The highest BCUT2D eigenvalue weighted by Gasteiger charge is 2.42. The fourth-order valence-electron chi connectivity index (χ4n) is 6.56. The van der Waals surface area contributed by atoms with Crippen LogP contribution in [0.15, 0.2) is 0 Å². The molecule has 2 aliphatic rings. The highest BCUT2D eigenvalue weighted by Crippen LogP contribution is 2.34. The summed E-state index contributed by atoms with van der Waals surface area (Å²) in [5.41, 5.74) is 0. The molecule has 0 saturated heterocycles. The average Bonchev–Trinajstić information content (AvgIpc) is 4.06. The molecule has 0 aliphatic heterocycles. The van der Waals surface area contributed by atoms with Gasteiger partial charge in [-0.2, -0.15) is 17.2 Å². The average molecular weight is 956 g/mol. The predicted molar refractivity (Wildman–Crippen MR) is 255 cm³/mol. The van der Waals surface area contributed by atoms with Gasteiger partial charge in [-0.1, -0.05) is 55.4 Å². The van der Waals surface area contributed by atoms with Crippen molar-refractivity contribution in [3.05, 3.63) is 0 Å². The zero-order valence-corrected chi connectivity index (χ0v) is 45.1. The Morgan fingerprint density at radius 3 is 0.984 bits per heavy atom. The quantitative estimate of drug-likeness (QED) is 0.102. The molecule has 0 unspecified atom stereocenters. The normalized spacial score (nSPS) is 17.1. The van der Waals surface area contributed by atoms with Crippen molar-refractivity contribution in [3.8, 4) is 0 Å². The molecule has 18 heteroatoms. The maximum atomic E-state index is 12.3. The third kappa shape index (κ3) is 22.1. The summed E-state index contributed by atoms with van der Waals surface area (Å²) in [6.45, 7) is 32.7. The maximum absolute atomic E-state index is 12.3. The van der Waals surface area contributed by atoms with Crippen LogP contribution < -0.4 is 0 Å². The van der Waals surface area contributed by atoms with E-state index in [1.165, 1.54) is 8.61 Å². The molecule has 0 spiro atoms. The van der Waals surface area contributed by atoms with Crippen LogP contribution >= 0.6 is 0 Å². The fourth-order valence-corrected chi connectivity index (χ4v) is 12.3. The van der Waals surface area contributed by atoms with Gasteiger partial charge in [-0.15, -0.1) is 0 Å². The minimum absolute atomic E-state index is 0.124. The maximum Gasteiger partial charge on any atom is 0.216 e. The standard InChI is InChI=1S/C12H25NO2S.C11H23NO2S.2C10H23NO3S/c1-9(2)8-11(5)13(12-6-7-12)16(14,15)10(3)4;1-9(2)7-8-12(11-5-6-11)15(13,14)10(3)4;2*1-8(2)6-10(7-12)11(5)15(13,14)9(3)4/h9-12H,6-8H2,1-5H3;9-11H,5-8H2,1-4H3;2*8-10,12H,6-7H2,1-5H3/t11-;;2*10-/m0.10/s1. The smallest absolute Gasteiger partial charge is 0.216 e. The van der Waals surface area contributed by atoms with E-state index < -0.39 is 50.6 Å². The molecule has 2 rings (SSSR count). The molecule has 3 atom stereocenters. The second kappa shape index (κ2) is 27.9. The summed E-state index contributed by atoms with van der Waals surface area (Å²) >= 11 is 0. The van der Waals surface area contributed by atoms with E-state index >= 15 is 0 Å². The first-order chi connectivity index (χ1) is 27.6. The number of nitrogens with zero attached hydrogens (tertiary/aromatic N) is 4. The molecule has 14 nitrogen and oxygen atoms in total. The molecular weight excluding hydrogens is 861 g/mol. The summed E-state index contributed by atoms with van der Waals surface area (Å²) in [4.78, 5) is 0. The van der Waals surface area contributed by atoms with Crippen LogP contribution in [0.25, 0.3) is 0 Å². The topological polar surface area (TPSA) is 190 Å². The van der Waals surface area contributed by atoms with Crippen LogP contribution in [-0.2, 0) is 40.1 Å². The number of aliphatic hydroxyl groups excluding tert-OH is 2. The zero-order valence-electron chi connectivity index (χ0n) is 41.9. The van der Waals surface area contributed by atoms with Crippen LogP contribution in [0.1, 0.15) is 169 Å². The van der Waals surface area contributed by atoms with Gasteiger partial charge in [0.15, 0.2) is 0 Å². The van der Waals surface area contributed by atoms with Crippen molar-refractivity contribution in [1.29, 1.82) is 0 Å². The van der Waals surface area contributed by atoms with Crippen molar-refractivity contribution in [2.24, 2.45) is 23.7 Å². The summed E-state index contributed by atoms with van der Waals surface area (Å²) in [7, 11) is -9.57. The van der Waals surface area contributed by atoms with E-state index in [1.54, 1.807) is 78.1 Å². The highest BCUT2D eigenvalue weighted by molar-refractivity contribution is 7.90. The van der Waals surface area contributed by atoms with E-state index in [-0.39, 0.29) is 47.9 Å². The van der Waals surface area contributed by atoms with E-state index in [0.29, 0.717) is 49.1 Å². The lowest BCUT2D eigenvalue weighted by atomic mass is 10.1. The van der Waals surface area contributed by atoms with E-state index in [4.69, 9.17) is 0 Å². The number of hydrogen-bond donors (Lipinski definition) is 2. The molecule has 0 aromatic rings. The number of aliphatic hydroxyl groups is 2. The van der Waals surface area contributed by atoms with Crippen molar-refractivity contribution in [1.82, 2.24) is 17.2 Å². The Kier molecular flexibility index (Phi) is 28.7. The molecule has 2 N–H and O–H groups in total. The van der Waals surface area contributed by atoms with Gasteiger partial charge in [0.2, 0.25) is 40.1 Å². The van der Waals surface area contributed by atoms with Crippen LogP contribution in [0.4, 0.5) is 0 Å². The summed E-state index contributed by atoms with van der Waals surface area (Å²) < 4.78 is 102.